The smallest absolute Gasteiger partial charge is 0.312 e. The van der Waals surface area contributed by atoms with E-state index < -0.39 is 5.41 Å². The quantitative estimate of drug-likeness (QED) is 0.341. The molecule has 1 fully saturated rings. The average molecular weight is 488 g/mol. The van der Waals surface area contributed by atoms with Gasteiger partial charge in [0, 0.05) is 13.5 Å². The molecule has 1 aliphatic rings. The summed E-state index contributed by atoms with van der Waals surface area (Å²) in [4.78, 5) is 31.1. The molecule has 3 aromatic heterocycles. The number of thiazole rings is 1. The van der Waals surface area contributed by atoms with Gasteiger partial charge in [0.2, 0.25) is 5.78 Å². The lowest BCUT2D eigenvalue weighted by molar-refractivity contribution is -0.160. The van der Waals surface area contributed by atoms with Crippen molar-refractivity contribution in [1.82, 2.24) is 24.1 Å². The van der Waals surface area contributed by atoms with Gasteiger partial charge in [-0.25, -0.2) is 4.98 Å². The highest BCUT2D eigenvalue weighted by molar-refractivity contribution is 7.18. The van der Waals surface area contributed by atoms with Crippen molar-refractivity contribution in [1.29, 1.82) is 0 Å². The molecule has 0 radical (unpaired) electrons. The van der Waals surface area contributed by atoms with E-state index in [2.05, 4.69) is 16.3 Å². The van der Waals surface area contributed by atoms with Crippen molar-refractivity contribution in [2.24, 2.45) is 12.5 Å². The third-order valence-corrected chi connectivity index (χ3v) is 8.13. The molecule has 0 bridgehead atoms. The van der Waals surface area contributed by atoms with Crippen LogP contribution in [0, 0.1) is 5.41 Å². The molecular formula is C26H25N5O3S. The Morgan fingerprint density at radius 2 is 1.83 bits per heavy atom. The lowest BCUT2D eigenvalue weighted by Gasteiger charge is -2.34. The maximum absolute atomic E-state index is 13.6. The highest BCUT2D eigenvalue weighted by Crippen LogP contribution is 2.42. The lowest BCUT2D eigenvalue weighted by atomic mass is 9.72. The Labute approximate surface area is 205 Å². The first-order valence-corrected chi connectivity index (χ1v) is 12.7. The standard InChI is InChI=1S/C26H25N5O3S/c1-30-23(32)17-9-3-5-11-19(17)31-21(28-29-25(30)31)16-34-24(33)26(13-7-2-8-14-26)15-22-27-18-10-4-6-12-20(18)35-22/h3-6,9-12H,2,7-8,13-16H2,1H3. The first-order valence-electron chi connectivity index (χ1n) is 11.9. The van der Waals surface area contributed by atoms with Crippen LogP contribution in [-0.4, -0.2) is 30.1 Å². The summed E-state index contributed by atoms with van der Waals surface area (Å²) in [5.74, 6) is 0.704. The van der Waals surface area contributed by atoms with Crippen LogP contribution in [0.3, 0.4) is 0 Å². The number of ether oxygens (including phenoxy) is 1. The molecule has 6 rings (SSSR count). The van der Waals surface area contributed by atoms with Gasteiger partial charge in [-0.3, -0.25) is 18.6 Å². The van der Waals surface area contributed by atoms with Gasteiger partial charge in [0.1, 0.15) is 0 Å². The van der Waals surface area contributed by atoms with E-state index in [1.165, 1.54) is 4.57 Å². The Bertz CT molecular complexity index is 1590. The minimum absolute atomic E-state index is 0.0101. The second-order valence-corrected chi connectivity index (χ2v) is 10.4. The third-order valence-electron chi connectivity index (χ3n) is 7.10. The number of hydrogen-bond acceptors (Lipinski definition) is 7. The van der Waals surface area contributed by atoms with E-state index in [4.69, 9.17) is 9.72 Å². The molecule has 1 saturated carbocycles. The Morgan fingerprint density at radius 3 is 2.66 bits per heavy atom. The highest BCUT2D eigenvalue weighted by Gasteiger charge is 2.42. The minimum Gasteiger partial charge on any atom is -0.457 e. The van der Waals surface area contributed by atoms with Crippen LogP contribution in [0.25, 0.3) is 26.9 Å². The van der Waals surface area contributed by atoms with Crippen molar-refractivity contribution in [3.05, 3.63) is 69.7 Å². The number of esters is 1. The van der Waals surface area contributed by atoms with E-state index in [-0.39, 0.29) is 18.1 Å². The molecule has 0 atom stereocenters. The number of nitrogens with zero attached hydrogens (tertiary/aromatic N) is 5. The summed E-state index contributed by atoms with van der Waals surface area (Å²) in [6.45, 7) is -0.0101. The van der Waals surface area contributed by atoms with Gasteiger partial charge in [-0.15, -0.1) is 21.5 Å². The topological polar surface area (TPSA) is 91.4 Å². The number of hydrogen-bond donors (Lipinski definition) is 0. The predicted octanol–water partition coefficient (Wildman–Crippen LogP) is 4.43. The third kappa shape index (κ3) is 3.70. The second-order valence-electron chi connectivity index (χ2n) is 9.30. The average Bonchev–Trinajstić information content (AvgIpc) is 3.50. The summed E-state index contributed by atoms with van der Waals surface area (Å²) in [5.41, 5.74) is 0.949. The van der Waals surface area contributed by atoms with Crippen molar-refractivity contribution in [2.75, 3.05) is 0 Å². The van der Waals surface area contributed by atoms with Crippen molar-refractivity contribution in [3.8, 4) is 0 Å². The first kappa shape index (κ1) is 21.9. The molecule has 9 heteroatoms. The normalized spacial score (nSPS) is 15.7. The molecular weight excluding hydrogens is 462 g/mol. The van der Waals surface area contributed by atoms with Crippen molar-refractivity contribution in [2.45, 2.75) is 45.1 Å². The van der Waals surface area contributed by atoms with E-state index in [9.17, 15) is 9.59 Å². The Balaban J connectivity index is 1.31. The Kier molecular flexibility index (Phi) is 5.36. The number of aromatic nitrogens is 5. The summed E-state index contributed by atoms with van der Waals surface area (Å²) >= 11 is 1.65. The van der Waals surface area contributed by atoms with Crippen molar-refractivity contribution < 1.29 is 9.53 Å². The molecule has 0 saturated heterocycles. The fourth-order valence-corrected chi connectivity index (χ4v) is 6.35. The summed E-state index contributed by atoms with van der Waals surface area (Å²) in [7, 11) is 1.67. The van der Waals surface area contributed by atoms with Gasteiger partial charge < -0.3 is 4.74 Å². The Morgan fingerprint density at radius 1 is 1.06 bits per heavy atom. The molecule has 0 N–H and O–H groups in total. The molecule has 1 aliphatic carbocycles. The number of aryl methyl sites for hydroxylation is 1. The molecule has 0 spiro atoms. The van der Waals surface area contributed by atoms with Crippen LogP contribution in [0.4, 0.5) is 0 Å². The fraction of sp³-hybridized carbons (Fsp3) is 0.346. The lowest BCUT2D eigenvalue weighted by Crippen LogP contribution is -2.37. The fourth-order valence-electron chi connectivity index (χ4n) is 5.24. The summed E-state index contributed by atoms with van der Waals surface area (Å²) in [6.07, 6.45) is 5.30. The molecule has 8 nitrogen and oxygen atoms in total. The number of benzene rings is 2. The van der Waals surface area contributed by atoms with Crippen LogP contribution in [0.2, 0.25) is 0 Å². The predicted molar refractivity (Wildman–Crippen MR) is 134 cm³/mol. The molecule has 35 heavy (non-hydrogen) atoms. The Hall–Kier alpha value is -3.59. The van der Waals surface area contributed by atoms with Gasteiger partial charge in [-0.05, 0) is 37.1 Å². The monoisotopic (exact) mass is 487 g/mol. The van der Waals surface area contributed by atoms with Crippen LogP contribution in [0.1, 0.15) is 42.9 Å². The van der Waals surface area contributed by atoms with Crippen LogP contribution >= 0.6 is 11.3 Å². The zero-order chi connectivity index (χ0) is 24.0. The number of carbonyl (C=O) groups is 1. The molecule has 0 unspecified atom stereocenters. The van der Waals surface area contributed by atoms with Gasteiger partial charge in [0.25, 0.3) is 5.56 Å². The summed E-state index contributed by atoms with van der Waals surface area (Å²) < 4.78 is 10.3. The van der Waals surface area contributed by atoms with Crippen LogP contribution in [0.5, 0.6) is 0 Å². The summed E-state index contributed by atoms with van der Waals surface area (Å²) in [5, 5.41) is 10.0. The van der Waals surface area contributed by atoms with Crippen molar-refractivity contribution >= 4 is 44.2 Å². The zero-order valence-corrected chi connectivity index (χ0v) is 20.3. The first-order chi connectivity index (χ1) is 17.1. The van der Waals surface area contributed by atoms with E-state index in [0.717, 1.165) is 47.3 Å². The van der Waals surface area contributed by atoms with E-state index in [1.54, 1.807) is 28.9 Å². The minimum atomic E-state index is -0.582. The maximum atomic E-state index is 13.6. The van der Waals surface area contributed by atoms with Gasteiger partial charge in [-0.2, -0.15) is 0 Å². The van der Waals surface area contributed by atoms with Crippen molar-refractivity contribution in [3.63, 3.8) is 0 Å². The van der Waals surface area contributed by atoms with Gasteiger partial charge >= 0.3 is 5.97 Å². The molecule has 178 valence electrons. The van der Waals surface area contributed by atoms with E-state index >= 15 is 0 Å². The number of carbonyl (C=O) groups excluding carboxylic acids is 1. The highest BCUT2D eigenvalue weighted by atomic mass is 32.1. The second kappa shape index (κ2) is 8.57. The van der Waals surface area contributed by atoms with Crippen LogP contribution in [-0.2, 0) is 29.6 Å². The van der Waals surface area contributed by atoms with Crippen LogP contribution < -0.4 is 5.56 Å². The largest absolute Gasteiger partial charge is 0.457 e. The maximum Gasteiger partial charge on any atom is 0.312 e. The van der Waals surface area contributed by atoms with Gasteiger partial charge in [-0.1, -0.05) is 43.5 Å². The molecule has 2 aromatic carbocycles. The van der Waals surface area contributed by atoms with Gasteiger partial charge in [0.15, 0.2) is 12.4 Å². The molecule has 3 heterocycles. The summed E-state index contributed by atoms with van der Waals surface area (Å²) in [6, 6.07) is 15.4. The van der Waals surface area contributed by atoms with E-state index in [1.807, 2.05) is 36.4 Å². The number of para-hydroxylation sites is 2. The number of rotatable bonds is 5. The van der Waals surface area contributed by atoms with E-state index in [0.29, 0.717) is 28.9 Å². The SMILES string of the molecule is Cn1c(=O)c2ccccc2n2c(COC(=O)C3(Cc4nc5ccccc5s4)CCCCC3)nnc12. The molecule has 0 aliphatic heterocycles. The number of fused-ring (bicyclic) bond motifs is 4. The van der Waals surface area contributed by atoms with Gasteiger partial charge in [0.05, 0.1) is 31.5 Å². The molecule has 5 aromatic rings. The zero-order valence-electron chi connectivity index (χ0n) is 19.4. The molecule has 0 amide bonds. The van der Waals surface area contributed by atoms with Crippen LogP contribution in [0.15, 0.2) is 53.3 Å².